The maximum atomic E-state index is 12.7. The van der Waals surface area contributed by atoms with Gasteiger partial charge in [-0.3, -0.25) is 19.3 Å². The number of aryl methyl sites for hydroxylation is 1. The highest BCUT2D eigenvalue weighted by Gasteiger charge is 2.36. The van der Waals surface area contributed by atoms with Gasteiger partial charge in [-0.1, -0.05) is 35.2 Å². The van der Waals surface area contributed by atoms with E-state index in [0.717, 1.165) is 22.2 Å². The number of carbonyl (C=O) groups excluding carboxylic acids is 3. The van der Waals surface area contributed by atoms with Crippen molar-refractivity contribution in [1.82, 2.24) is 4.90 Å². The maximum absolute atomic E-state index is 12.7. The third kappa shape index (κ3) is 5.44. The summed E-state index contributed by atoms with van der Waals surface area (Å²) in [6.07, 6.45) is 6.71. The molecule has 0 radical (unpaired) electrons. The SMILES string of the molecule is C#CCOc1c(Cl)cc(/C=C2\SC(=O)N(CC(=O)Nc3ccc(C)cc3)C2=O)cc1OC. The van der Waals surface area contributed by atoms with E-state index in [1.807, 2.05) is 19.1 Å². The van der Waals surface area contributed by atoms with Gasteiger partial charge in [0, 0.05) is 5.69 Å². The van der Waals surface area contributed by atoms with Crippen molar-refractivity contribution >= 4 is 52.2 Å². The summed E-state index contributed by atoms with van der Waals surface area (Å²) in [6, 6.07) is 10.4. The first-order valence-electron chi connectivity index (χ1n) is 9.38. The molecule has 1 aliphatic heterocycles. The Morgan fingerprint density at radius 1 is 1.28 bits per heavy atom. The monoisotopic (exact) mass is 470 g/mol. The summed E-state index contributed by atoms with van der Waals surface area (Å²) in [7, 11) is 1.44. The van der Waals surface area contributed by atoms with Crippen LogP contribution >= 0.6 is 23.4 Å². The van der Waals surface area contributed by atoms with Gasteiger partial charge >= 0.3 is 0 Å². The summed E-state index contributed by atoms with van der Waals surface area (Å²) in [4.78, 5) is 38.4. The van der Waals surface area contributed by atoms with Crippen molar-refractivity contribution in [3.05, 3.63) is 57.5 Å². The van der Waals surface area contributed by atoms with E-state index in [-0.39, 0.29) is 22.3 Å². The number of anilines is 1. The number of halogens is 1. The fourth-order valence-electron chi connectivity index (χ4n) is 2.85. The summed E-state index contributed by atoms with van der Waals surface area (Å²) in [5, 5.41) is 2.38. The number of hydrogen-bond acceptors (Lipinski definition) is 6. The number of methoxy groups -OCH3 is 1. The van der Waals surface area contributed by atoms with Crippen molar-refractivity contribution in [3.63, 3.8) is 0 Å². The van der Waals surface area contributed by atoms with Crippen LogP contribution < -0.4 is 14.8 Å². The highest BCUT2D eigenvalue weighted by atomic mass is 35.5. The van der Waals surface area contributed by atoms with E-state index in [9.17, 15) is 14.4 Å². The van der Waals surface area contributed by atoms with Gasteiger partial charge in [-0.15, -0.1) is 6.42 Å². The zero-order valence-corrected chi connectivity index (χ0v) is 18.9. The lowest BCUT2D eigenvalue weighted by atomic mass is 10.1. The summed E-state index contributed by atoms with van der Waals surface area (Å²) in [5.74, 6) is 1.91. The van der Waals surface area contributed by atoms with E-state index in [0.29, 0.717) is 17.0 Å². The number of ether oxygens (including phenoxy) is 2. The molecule has 0 aliphatic carbocycles. The number of nitrogens with one attached hydrogen (secondary N) is 1. The highest BCUT2D eigenvalue weighted by molar-refractivity contribution is 8.18. The van der Waals surface area contributed by atoms with Crippen molar-refractivity contribution < 1.29 is 23.9 Å². The second-order valence-corrected chi connectivity index (χ2v) is 8.11. The Kier molecular flexibility index (Phi) is 7.46. The predicted molar refractivity (Wildman–Crippen MR) is 125 cm³/mol. The molecule has 2 aromatic carbocycles. The Labute approximate surface area is 194 Å². The standard InChI is InChI=1S/C23H19ClN2O5S/c1-4-9-31-21-17(24)10-15(11-18(21)30-3)12-19-22(28)26(23(29)32-19)13-20(27)25-16-7-5-14(2)6-8-16/h1,5-8,10-12H,9,13H2,2-3H3,(H,25,27)/b19-12-. The number of imide groups is 1. The van der Waals surface area contributed by atoms with Gasteiger partial charge in [-0.2, -0.15) is 0 Å². The minimum absolute atomic E-state index is 0.0129. The lowest BCUT2D eigenvalue weighted by Crippen LogP contribution is -2.36. The second-order valence-electron chi connectivity index (χ2n) is 6.71. The van der Waals surface area contributed by atoms with Crippen molar-refractivity contribution in [2.75, 3.05) is 25.6 Å². The number of terminal acetylenes is 1. The molecule has 1 saturated heterocycles. The van der Waals surface area contributed by atoms with E-state index >= 15 is 0 Å². The van der Waals surface area contributed by atoms with Gasteiger partial charge in [0.1, 0.15) is 13.2 Å². The molecule has 0 saturated carbocycles. The number of nitrogens with zero attached hydrogens (tertiary/aromatic N) is 1. The Balaban J connectivity index is 1.75. The number of benzene rings is 2. The second kappa shape index (κ2) is 10.3. The van der Waals surface area contributed by atoms with Gasteiger partial charge in [-0.05, 0) is 54.6 Å². The molecule has 2 aromatic rings. The van der Waals surface area contributed by atoms with E-state index < -0.39 is 23.6 Å². The molecule has 3 amide bonds. The minimum Gasteiger partial charge on any atom is -0.493 e. The molecule has 7 nitrogen and oxygen atoms in total. The van der Waals surface area contributed by atoms with Crippen LogP contribution in [0.3, 0.4) is 0 Å². The fraction of sp³-hybridized carbons (Fsp3) is 0.174. The van der Waals surface area contributed by atoms with Crippen molar-refractivity contribution in [3.8, 4) is 23.8 Å². The minimum atomic E-state index is -0.568. The summed E-state index contributed by atoms with van der Waals surface area (Å²) >= 11 is 7.00. The molecule has 164 valence electrons. The van der Waals surface area contributed by atoms with Crippen LogP contribution in [0.4, 0.5) is 10.5 Å². The highest BCUT2D eigenvalue weighted by Crippen LogP contribution is 2.38. The van der Waals surface area contributed by atoms with Crippen molar-refractivity contribution in [2.24, 2.45) is 0 Å². The van der Waals surface area contributed by atoms with Crippen LogP contribution in [-0.2, 0) is 9.59 Å². The van der Waals surface area contributed by atoms with E-state index in [1.165, 1.54) is 13.2 Å². The van der Waals surface area contributed by atoms with Crippen LogP contribution in [-0.4, -0.2) is 42.2 Å². The summed E-state index contributed by atoms with van der Waals surface area (Å²) < 4.78 is 10.7. The molecule has 1 heterocycles. The van der Waals surface area contributed by atoms with Gasteiger partial charge in [-0.25, -0.2) is 0 Å². The normalized spacial score (nSPS) is 14.4. The van der Waals surface area contributed by atoms with Crippen molar-refractivity contribution in [2.45, 2.75) is 6.92 Å². The molecule has 0 aromatic heterocycles. The molecular weight excluding hydrogens is 452 g/mol. The zero-order chi connectivity index (χ0) is 23.3. The fourth-order valence-corrected chi connectivity index (χ4v) is 3.96. The van der Waals surface area contributed by atoms with E-state index in [2.05, 4.69) is 11.2 Å². The summed E-state index contributed by atoms with van der Waals surface area (Å²) in [5.41, 5.74) is 2.15. The van der Waals surface area contributed by atoms with E-state index in [4.69, 9.17) is 27.5 Å². The first-order valence-corrected chi connectivity index (χ1v) is 10.6. The Bertz CT molecular complexity index is 1140. The topological polar surface area (TPSA) is 84.9 Å². The predicted octanol–water partition coefficient (Wildman–Crippen LogP) is 4.34. The molecular formula is C23H19ClN2O5S. The molecule has 32 heavy (non-hydrogen) atoms. The first-order chi connectivity index (χ1) is 15.3. The number of rotatable bonds is 7. The zero-order valence-electron chi connectivity index (χ0n) is 17.3. The number of hydrogen-bond donors (Lipinski definition) is 1. The summed E-state index contributed by atoms with van der Waals surface area (Å²) in [6.45, 7) is 1.55. The quantitative estimate of drug-likeness (QED) is 0.478. The van der Waals surface area contributed by atoms with Gasteiger partial charge in [0.15, 0.2) is 11.5 Å². The smallest absolute Gasteiger partial charge is 0.294 e. The van der Waals surface area contributed by atoms with Crippen LogP contribution in [0.1, 0.15) is 11.1 Å². The van der Waals surface area contributed by atoms with Crippen LogP contribution in [0.25, 0.3) is 6.08 Å². The van der Waals surface area contributed by atoms with Crippen LogP contribution in [0, 0.1) is 19.3 Å². The molecule has 0 spiro atoms. The Morgan fingerprint density at radius 3 is 2.66 bits per heavy atom. The lowest BCUT2D eigenvalue weighted by Gasteiger charge is -2.13. The molecule has 1 N–H and O–H groups in total. The maximum Gasteiger partial charge on any atom is 0.294 e. The number of thioether (sulfide) groups is 1. The molecule has 0 unspecified atom stereocenters. The largest absolute Gasteiger partial charge is 0.493 e. The van der Waals surface area contributed by atoms with Gasteiger partial charge in [0.05, 0.1) is 17.0 Å². The van der Waals surface area contributed by atoms with Gasteiger partial charge in [0.2, 0.25) is 5.91 Å². The third-order valence-electron chi connectivity index (χ3n) is 4.36. The first kappa shape index (κ1) is 23.3. The Hall–Kier alpha value is -3.41. The Morgan fingerprint density at radius 2 is 2.00 bits per heavy atom. The molecule has 0 atom stereocenters. The van der Waals surface area contributed by atoms with Gasteiger partial charge < -0.3 is 14.8 Å². The van der Waals surface area contributed by atoms with Crippen LogP contribution in [0.2, 0.25) is 5.02 Å². The molecule has 0 bridgehead atoms. The average Bonchev–Trinajstić information content (AvgIpc) is 3.01. The molecule has 3 rings (SSSR count). The van der Waals surface area contributed by atoms with Gasteiger partial charge in [0.25, 0.3) is 11.1 Å². The number of amides is 3. The molecule has 9 heteroatoms. The molecule has 1 fully saturated rings. The third-order valence-corrected chi connectivity index (χ3v) is 5.55. The van der Waals surface area contributed by atoms with Crippen molar-refractivity contribution in [1.29, 1.82) is 0 Å². The van der Waals surface area contributed by atoms with Crippen LogP contribution in [0.5, 0.6) is 11.5 Å². The lowest BCUT2D eigenvalue weighted by molar-refractivity contribution is -0.127. The molecule has 1 aliphatic rings. The number of carbonyl (C=O) groups is 3. The average molecular weight is 471 g/mol. The van der Waals surface area contributed by atoms with E-state index in [1.54, 1.807) is 24.3 Å². The van der Waals surface area contributed by atoms with Crippen LogP contribution in [0.15, 0.2) is 41.3 Å².